The van der Waals surface area contributed by atoms with Crippen molar-refractivity contribution in [1.29, 1.82) is 0 Å². The Balaban J connectivity index is 1.78. The lowest BCUT2D eigenvalue weighted by Crippen LogP contribution is -2.31. The highest BCUT2D eigenvalue weighted by molar-refractivity contribution is 7.98. The molecule has 6 nitrogen and oxygen atoms in total. The van der Waals surface area contributed by atoms with Crippen LogP contribution in [0.5, 0.6) is 0 Å². The molecule has 1 aromatic heterocycles. The Hall–Kier alpha value is -2.04. The first-order chi connectivity index (χ1) is 14.2. The quantitative estimate of drug-likeness (QED) is 0.433. The third kappa shape index (κ3) is 5.16. The summed E-state index contributed by atoms with van der Waals surface area (Å²) in [5, 5.41) is 11.7. The molecule has 3 rings (SSSR count). The molecule has 2 N–H and O–H groups in total. The van der Waals surface area contributed by atoms with Crippen molar-refractivity contribution in [1.82, 2.24) is 4.72 Å². The van der Waals surface area contributed by atoms with Crippen LogP contribution in [-0.2, 0) is 15.8 Å². The van der Waals surface area contributed by atoms with Gasteiger partial charge in [-0.2, -0.15) is 0 Å². The second kappa shape index (κ2) is 9.40. The molecule has 0 unspecified atom stereocenters. The molecule has 2 aromatic carbocycles. The number of carboxylic acid groups (broad SMARTS) is 1. The van der Waals surface area contributed by atoms with Crippen LogP contribution in [0.15, 0.2) is 63.7 Å². The maximum absolute atomic E-state index is 12.6. The first kappa shape index (κ1) is 22.6. The highest BCUT2D eigenvalue weighted by Gasteiger charge is 2.26. The number of aromatic carboxylic acids is 1. The summed E-state index contributed by atoms with van der Waals surface area (Å²) in [6.07, 6.45) is 0. The number of nitrogens with one attached hydrogen (secondary N) is 1. The fraction of sp³-hybridized carbons (Fsp3) is 0.0526. The summed E-state index contributed by atoms with van der Waals surface area (Å²) >= 11 is 14.3. The smallest absolute Gasteiger partial charge is 0.337 e. The number of carbonyl (C=O) groups is 2. The molecule has 11 heteroatoms. The van der Waals surface area contributed by atoms with Gasteiger partial charge >= 0.3 is 5.97 Å². The molecule has 0 atom stereocenters. The lowest BCUT2D eigenvalue weighted by Gasteiger charge is -2.10. The fourth-order valence-electron chi connectivity index (χ4n) is 2.47. The van der Waals surface area contributed by atoms with Gasteiger partial charge in [-0.25, -0.2) is 17.9 Å². The monoisotopic (exact) mass is 501 g/mol. The van der Waals surface area contributed by atoms with Gasteiger partial charge in [0.1, 0.15) is 9.77 Å². The number of hydrogen-bond acceptors (Lipinski definition) is 6. The maximum Gasteiger partial charge on any atom is 0.337 e. The van der Waals surface area contributed by atoms with Crippen molar-refractivity contribution in [3.8, 4) is 0 Å². The van der Waals surface area contributed by atoms with Gasteiger partial charge < -0.3 is 5.11 Å². The Morgan fingerprint density at radius 1 is 1.07 bits per heavy atom. The third-order valence-electron chi connectivity index (χ3n) is 3.85. The average Bonchev–Trinajstić information content (AvgIpc) is 3.17. The minimum atomic E-state index is -4.37. The van der Waals surface area contributed by atoms with Crippen molar-refractivity contribution in [2.75, 3.05) is 0 Å². The Morgan fingerprint density at radius 2 is 1.80 bits per heavy atom. The van der Waals surface area contributed by atoms with E-state index in [9.17, 15) is 23.1 Å². The summed E-state index contributed by atoms with van der Waals surface area (Å²) in [5.74, 6) is -1.75. The molecule has 0 spiro atoms. The summed E-state index contributed by atoms with van der Waals surface area (Å²) in [7, 11) is -4.37. The molecular weight excluding hydrogens is 489 g/mol. The van der Waals surface area contributed by atoms with E-state index in [-0.39, 0.29) is 4.88 Å². The molecule has 30 heavy (non-hydrogen) atoms. The predicted molar refractivity (Wildman–Crippen MR) is 118 cm³/mol. The summed E-state index contributed by atoms with van der Waals surface area (Å²) in [6.45, 7) is 0. The van der Waals surface area contributed by atoms with Gasteiger partial charge in [0.05, 0.1) is 15.6 Å². The summed E-state index contributed by atoms with van der Waals surface area (Å²) in [4.78, 5) is 24.2. The number of rotatable bonds is 7. The zero-order valence-corrected chi connectivity index (χ0v) is 18.9. The Labute approximate surface area is 190 Å². The van der Waals surface area contributed by atoms with Gasteiger partial charge in [-0.05, 0) is 41.3 Å². The van der Waals surface area contributed by atoms with Gasteiger partial charge in [0, 0.05) is 10.6 Å². The van der Waals surface area contributed by atoms with Crippen LogP contribution in [0.4, 0.5) is 0 Å². The van der Waals surface area contributed by atoms with Gasteiger partial charge in [0.15, 0.2) is 0 Å². The molecule has 0 bridgehead atoms. The summed E-state index contributed by atoms with van der Waals surface area (Å²) in [5.41, 5.74) is 0.466. The molecule has 0 radical (unpaired) electrons. The Bertz CT molecular complexity index is 1220. The van der Waals surface area contributed by atoms with Crippen molar-refractivity contribution in [3.05, 3.63) is 80.0 Å². The zero-order valence-electron chi connectivity index (χ0n) is 15.0. The predicted octanol–water partition coefficient (Wildman–Crippen LogP) is 5.16. The van der Waals surface area contributed by atoms with E-state index >= 15 is 0 Å². The molecule has 0 aliphatic carbocycles. The molecule has 0 aliphatic heterocycles. The van der Waals surface area contributed by atoms with Crippen LogP contribution in [0.1, 0.15) is 25.6 Å². The minimum Gasteiger partial charge on any atom is -0.478 e. The molecule has 1 amide bonds. The molecule has 3 aromatic rings. The number of thiophene rings is 1. The number of carboxylic acids is 1. The van der Waals surface area contributed by atoms with E-state index in [2.05, 4.69) is 0 Å². The van der Waals surface area contributed by atoms with Crippen LogP contribution in [0.2, 0.25) is 10.0 Å². The molecular formula is C19H13Cl2NO5S3. The highest BCUT2D eigenvalue weighted by Crippen LogP contribution is 2.32. The van der Waals surface area contributed by atoms with E-state index in [0.29, 0.717) is 20.7 Å². The van der Waals surface area contributed by atoms with Gasteiger partial charge in [0.2, 0.25) is 0 Å². The molecule has 0 fully saturated rings. The number of hydrogen-bond donors (Lipinski definition) is 2. The van der Waals surface area contributed by atoms with Crippen molar-refractivity contribution in [2.45, 2.75) is 15.5 Å². The molecule has 0 saturated carbocycles. The molecule has 0 aliphatic rings. The van der Waals surface area contributed by atoms with Crippen LogP contribution in [0, 0.1) is 0 Å². The number of halogens is 2. The van der Waals surface area contributed by atoms with Gasteiger partial charge in [-0.3, -0.25) is 4.79 Å². The third-order valence-corrected chi connectivity index (χ3v) is 8.15. The van der Waals surface area contributed by atoms with Crippen LogP contribution in [0.25, 0.3) is 0 Å². The first-order valence-electron chi connectivity index (χ1n) is 8.22. The molecule has 156 valence electrons. The SMILES string of the molecule is O=C(O)c1ccccc1S(=O)(=O)NC(=O)c1sccc1SCc1ccc(Cl)c(Cl)c1. The van der Waals surface area contributed by atoms with Crippen LogP contribution in [0.3, 0.4) is 0 Å². The van der Waals surface area contributed by atoms with Crippen LogP contribution >= 0.6 is 46.3 Å². The van der Waals surface area contributed by atoms with Crippen molar-refractivity contribution in [2.24, 2.45) is 0 Å². The van der Waals surface area contributed by atoms with Gasteiger partial charge in [-0.1, -0.05) is 41.4 Å². The number of sulfonamides is 1. The lowest BCUT2D eigenvalue weighted by atomic mass is 10.2. The van der Waals surface area contributed by atoms with E-state index in [4.69, 9.17) is 23.2 Å². The largest absolute Gasteiger partial charge is 0.478 e. The van der Waals surface area contributed by atoms with Gasteiger partial charge in [0.25, 0.3) is 15.9 Å². The summed E-state index contributed by atoms with van der Waals surface area (Å²) in [6, 6.07) is 12.0. The van der Waals surface area contributed by atoms with E-state index in [1.54, 1.807) is 29.6 Å². The van der Waals surface area contributed by atoms with Crippen LogP contribution < -0.4 is 4.72 Å². The van der Waals surface area contributed by atoms with E-state index in [1.807, 2.05) is 4.72 Å². The van der Waals surface area contributed by atoms with E-state index in [1.165, 1.54) is 23.9 Å². The van der Waals surface area contributed by atoms with Crippen LogP contribution in [-0.4, -0.2) is 25.4 Å². The Kier molecular flexibility index (Phi) is 7.10. The average molecular weight is 502 g/mol. The zero-order chi connectivity index (χ0) is 21.9. The van der Waals surface area contributed by atoms with E-state index in [0.717, 1.165) is 29.0 Å². The normalized spacial score (nSPS) is 11.3. The van der Waals surface area contributed by atoms with Gasteiger partial charge in [-0.15, -0.1) is 23.1 Å². The highest BCUT2D eigenvalue weighted by atomic mass is 35.5. The standard InChI is InChI=1S/C19H13Cl2NO5S3/c20-13-6-5-11(9-14(13)21)10-29-15-7-8-28-17(15)18(23)22-30(26,27)16-4-2-1-3-12(16)19(24)25/h1-9H,10H2,(H,22,23)(H,24,25). The molecule has 1 heterocycles. The summed E-state index contributed by atoms with van der Waals surface area (Å²) < 4.78 is 27.2. The lowest BCUT2D eigenvalue weighted by molar-refractivity contribution is 0.0692. The van der Waals surface area contributed by atoms with Crippen molar-refractivity contribution >= 4 is 68.2 Å². The number of amides is 1. The second-order valence-corrected chi connectivity index (χ2v) is 10.3. The van der Waals surface area contributed by atoms with Crippen molar-refractivity contribution < 1.29 is 23.1 Å². The maximum atomic E-state index is 12.6. The number of benzene rings is 2. The second-order valence-electron chi connectivity index (χ2n) is 5.89. The minimum absolute atomic E-state index is 0.205. The fourth-order valence-corrected chi connectivity index (χ4v) is 5.99. The first-order valence-corrected chi connectivity index (χ1v) is 12.3. The number of thioether (sulfide) groups is 1. The van der Waals surface area contributed by atoms with E-state index < -0.39 is 32.4 Å². The number of carbonyl (C=O) groups excluding carboxylic acids is 1. The topological polar surface area (TPSA) is 101 Å². The Morgan fingerprint density at radius 3 is 2.50 bits per heavy atom. The van der Waals surface area contributed by atoms with Crippen molar-refractivity contribution in [3.63, 3.8) is 0 Å². The molecule has 0 saturated heterocycles.